The molecule has 0 aromatic heterocycles. The highest BCUT2D eigenvalue weighted by Gasteiger charge is 2.40. The smallest absolute Gasteiger partial charge is 0.287 e. The number of anilines is 1. The van der Waals surface area contributed by atoms with Gasteiger partial charge in [0, 0.05) is 12.1 Å². The van der Waals surface area contributed by atoms with Crippen molar-refractivity contribution in [1.29, 1.82) is 0 Å². The van der Waals surface area contributed by atoms with Crippen LogP contribution in [0, 0.1) is 13.8 Å². The molecule has 27 heavy (non-hydrogen) atoms. The van der Waals surface area contributed by atoms with Gasteiger partial charge in [0.2, 0.25) is 12.5 Å². The van der Waals surface area contributed by atoms with Crippen LogP contribution >= 0.6 is 0 Å². The zero-order chi connectivity index (χ0) is 19.1. The normalized spacial score (nSPS) is 20.1. The van der Waals surface area contributed by atoms with E-state index in [0.717, 1.165) is 45.8 Å². The second-order valence-electron chi connectivity index (χ2n) is 7.25. The molecule has 2 atom stereocenters. The van der Waals surface area contributed by atoms with E-state index in [-0.39, 0.29) is 18.7 Å². The molecule has 2 aliphatic heterocycles. The van der Waals surface area contributed by atoms with Gasteiger partial charge in [-0.1, -0.05) is 18.2 Å². The van der Waals surface area contributed by atoms with Gasteiger partial charge in [-0.3, -0.25) is 4.79 Å². The number of amides is 1. The molecule has 1 unspecified atom stereocenters. The summed E-state index contributed by atoms with van der Waals surface area (Å²) in [6.45, 7) is 5.05. The molecule has 0 radical (unpaired) electrons. The van der Waals surface area contributed by atoms with Gasteiger partial charge in [-0.05, 0) is 36.6 Å². The molecule has 1 amide bonds. The lowest BCUT2D eigenvalue weighted by Crippen LogP contribution is -3.11. The molecule has 2 heterocycles. The van der Waals surface area contributed by atoms with Crippen LogP contribution in [0.1, 0.15) is 28.3 Å². The monoisotopic (exact) mass is 369 g/mol. The summed E-state index contributed by atoms with van der Waals surface area (Å²) in [6.07, 6.45) is 0.862. The van der Waals surface area contributed by atoms with Crippen molar-refractivity contribution >= 4 is 11.6 Å². The Bertz CT molecular complexity index is 889. The molecule has 0 aliphatic carbocycles. The van der Waals surface area contributed by atoms with Gasteiger partial charge in [-0.15, -0.1) is 0 Å². The summed E-state index contributed by atoms with van der Waals surface area (Å²) >= 11 is 0. The Kier molecular flexibility index (Phi) is 4.44. The second-order valence-corrected chi connectivity index (χ2v) is 7.25. The lowest BCUT2D eigenvalue weighted by atomic mass is 9.90. The summed E-state index contributed by atoms with van der Waals surface area (Å²) in [5.41, 5.74) is 4.96. The minimum absolute atomic E-state index is 0.0389. The van der Waals surface area contributed by atoms with E-state index < -0.39 is 0 Å². The first kappa shape index (κ1) is 17.7. The van der Waals surface area contributed by atoms with Gasteiger partial charge in [-0.2, -0.15) is 0 Å². The Labute approximate surface area is 159 Å². The number of methoxy groups -OCH3 is 1. The highest BCUT2D eigenvalue weighted by Crippen LogP contribution is 2.47. The van der Waals surface area contributed by atoms with E-state index in [1.165, 1.54) is 0 Å². The Morgan fingerprint density at radius 1 is 1.26 bits per heavy atom. The van der Waals surface area contributed by atoms with Crippen molar-refractivity contribution in [1.82, 2.24) is 0 Å². The zero-order valence-electron chi connectivity index (χ0n) is 16.1. The van der Waals surface area contributed by atoms with Gasteiger partial charge in [0.15, 0.2) is 17.5 Å². The van der Waals surface area contributed by atoms with Gasteiger partial charge in [0.1, 0.15) is 0 Å². The van der Waals surface area contributed by atoms with Crippen LogP contribution in [0.25, 0.3) is 0 Å². The van der Waals surface area contributed by atoms with E-state index in [9.17, 15) is 4.79 Å². The van der Waals surface area contributed by atoms with Crippen molar-refractivity contribution in [3.05, 3.63) is 46.5 Å². The van der Waals surface area contributed by atoms with E-state index >= 15 is 0 Å². The number of hydrogen-bond acceptors (Lipinski definition) is 4. The molecule has 4 rings (SSSR count). The van der Waals surface area contributed by atoms with Gasteiger partial charge in [0.05, 0.1) is 26.3 Å². The molecule has 2 aliphatic rings. The third-order valence-electron chi connectivity index (χ3n) is 5.51. The fourth-order valence-electron chi connectivity index (χ4n) is 4.09. The van der Waals surface area contributed by atoms with E-state index in [1.807, 2.05) is 45.2 Å². The van der Waals surface area contributed by atoms with Crippen molar-refractivity contribution in [2.24, 2.45) is 0 Å². The fourth-order valence-corrected chi connectivity index (χ4v) is 4.09. The molecule has 0 saturated carbocycles. The molecule has 6 nitrogen and oxygen atoms in total. The molecular weight excluding hydrogens is 344 g/mol. The maximum Gasteiger partial charge on any atom is 0.287 e. The topological polar surface area (TPSA) is 61.2 Å². The first-order valence-electron chi connectivity index (χ1n) is 9.20. The van der Waals surface area contributed by atoms with E-state index in [2.05, 4.69) is 5.32 Å². The third kappa shape index (κ3) is 2.90. The highest BCUT2D eigenvalue weighted by atomic mass is 16.7. The maximum absolute atomic E-state index is 13.4. The Balaban J connectivity index is 1.77. The predicted octanol–water partition coefficient (Wildman–Crippen LogP) is 1.79. The average Bonchev–Trinajstić information content (AvgIpc) is 3.11. The average molecular weight is 369 g/mol. The summed E-state index contributed by atoms with van der Waals surface area (Å²) in [5, 5.41) is 3.15. The quantitative estimate of drug-likeness (QED) is 0.866. The first-order valence-corrected chi connectivity index (χ1v) is 9.20. The van der Waals surface area contributed by atoms with Crippen molar-refractivity contribution in [3.63, 3.8) is 0 Å². The van der Waals surface area contributed by atoms with Gasteiger partial charge in [-0.25, -0.2) is 0 Å². The van der Waals surface area contributed by atoms with Gasteiger partial charge >= 0.3 is 0 Å². The van der Waals surface area contributed by atoms with E-state index in [4.69, 9.17) is 14.2 Å². The molecule has 6 heteroatoms. The molecule has 0 fully saturated rings. The van der Waals surface area contributed by atoms with Gasteiger partial charge in [0.25, 0.3) is 5.91 Å². The number of benzene rings is 2. The Hall–Kier alpha value is -2.73. The van der Waals surface area contributed by atoms with Crippen LogP contribution in [0.4, 0.5) is 5.69 Å². The number of likely N-dealkylation sites (N-methyl/N-ethyl adjacent to an activating group) is 1. The highest BCUT2D eigenvalue weighted by molar-refractivity contribution is 5.97. The molecule has 0 saturated heterocycles. The maximum atomic E-state index is 13.4. The summed E-state index contributed by atoms with van der Waals surface area (Å²) in [4.78, 5) is 14.5. The van der Waals surface area contributed by atoms with E-state index in [0.29, 0.717) is 17.2 Å². The lowest BCUT2D eigenvalue weighted by molar-refractivity contribution is -0.904. The zero-order valence-corrected chi connectivity index (χ0v) is 16.1. The van der Waals surface area contributed by atoms with Crippen LogP contribution in [0.15, 0.2) is 24.3 Å². The number of para-hydroxylation sites is 1. The van der Waals surface area contributed by atoms with E-state index in [1.54, 1.807) is 7.11 Å². The van der Waals surface area contributed by atoms with Crippen molar-refractivity contribution in [3.8, 4) is 17.2 Å². The van der Waals surface area contributed by atoms with Crippen molar-refractivity contribution in [2.75, 3.05) is 32.8 Å². The molecule has 2 N–H and O–H groups in total. The number of carbonyl (C=O) groups is 1. The Morgan fingerprint density at radius 3 is 2.70 bits per heavy atom. The van der Waals surface area contributed by atoms with Crippen LogP contribution in [-0.4, -0.2) is 33.4 Å². The largest absolute Gasteiger partial charge is 0.492 e. The number of quaternary nitrogens is 1. The summed E-state index contributed by atoms with van der Waals surface area (Å²) in [5.74, 6) is 1.86. The molecule has 0 spiro atoms. The van der Waals surface area contributed by atoms with Crippen molar-refractivity contribution in [2.45, 2.75) is 26.3 Å². The fraction of sp³-hybridized carbons (Fsp3) is 0.381. The molecule has 142 valence electrons. The number of ether oxygens (including phenoxy) is 3. The standard InChI is InChI=1S/C21H24N2O4/c1-12-6-5-7-13(2)17(12)22-21(24)18-16-14(8-9-23(18)3)10-15-19(20(16)25-4)27-11-26-15/h5-7,10,18H,8-9,11H2,1-4H3,(H,22,24)/p+1/t18-/m0/s1. The second kappa shape index (κ2) is 6.78. The minimum Gasteiger partial charge on any atom is -0.492 e. The minimum atomic E-state index is -0.378. The predicted molar refractivity (Wildman–Crippen MR) is 102 cm³/mol. The summed E-state index contributed by atoms with van der Waals surface area (Å²) in [7, 11) is 3.66. The lowest BCUT2D eigenvalue weighted by Gasteiger charge is -2.32. The molecule has 2 aromatic carbocycles. The molecule has 0 bridgehead atoms. The number of aryl methyl sites for hydroxylation is 2. The molecule has 2 aromatic rings. The number of nitrogens with one attached hydrogen (secondary N) is 2. The van der Waals surface area contributed by atoms with Crippen LogP contribution in [0.2, 0.25) is 0 Å². The summed E-state index contributed by atoms with van der Waals surface area (Å²) in [6, 6.07) is 7.62. The number of rotatable bonds is 3. The number of carbonyl (C=O) groups excluding carboxylic acids is 1. The number of fused-ring (bicyclic) bond motifs is 2. The van der Waals surface area contributed by atoms with Crippen LogP contribution < -0.4 is 24.4 Å². The van der Waals surface area contributed by atoms with Crippen LogP contribution in [0.5, 0.6) is 17.2 Å². The van der Waals surface area contributed by atoms with Gasteiger partial charge < -0.3 is 24.4 Å². The third-order valence-corrected chi connectivity index (χ3v) is 5.51. The summed E-state index contributed by atoms with van der Waals surface area (Å²) < 4.78 is 16.8. The molecular formula is C21H25N2O4+. The van der Waals surface area contributed by atoms with Crippen LogP contribution in [0.3, 0.4) is 0 Å². The van der Waals surface area contributed by atoms with Crippen LogP contribution in [-0.2, 0) is 11.2 Å². The SMILES string of the molecule is COc1c2c(cc3c1[C@@H](C(=O)Nc1c(C)cccc1C)[NH+](C)CC3)OCO2. The first-order chi connectivity index (χ1) is 13.0. The van der Waals surface area contributed by atoms with Crippen molar-refractivity contribution < 1.29 is 23.9 Å². The number of hydrogen-bond donors (Lipinski definition) is 2. The Morgan fingerprint density at radius 2 is 2.00 bits per heavy atom.